The summed E-state index contributed by atoms with van der Waals surface area (Å²) in [6, 6.07) is 0. The minimum atomic E-state index is -0.390. The van der Waals surface area contributed by atoms with Crippen LogP contribution >= 0.6 is 22.7 Å². The van der Waals surface area contributed by atoms with Crippen LogP contribution in [0.15, 0.2) is 6.20 Å². The largest absolute Gasteiger partial charge is 0.462 e. The molecule has 0 saturated carbocycles. The highest BCUT2D eigenvalue weighted by Crippen LogP contribution is 2.29. The first-order valence-electron chi connectivity index (χ1n) is 8.36. The smallest absolute Gasteiger partial charge is 0.350 e. The second-order valence-corrected chi connectivity index (χ2v) is 7.75. The molecule has 0 radical (unpaired) electrons. The molecule has 2 heterocycles. The van der Waals surface area contributed by atoms with Gasteiger partial charge in [0.1, 0.15) is 9.75 Å². The monoisotopic (exact) mass is 381 g/mol. The molecular formula is C17H23N3O3S2. The third kappa shape index (κ3) is 4.85. The van der Waals surface area contributed by atoms with E-state index in [1.165, 1.54) is 22.7 Å². The van der Waals surface area contributed by atoms with Crippen LogP contribution in [-0.4, -0.2) is 35.0 Å². The van der Waals surface area contributed by atoms with E-state index in [2.05, 4.69) is 16.9 Å². The fourth-order valence-electron chi connectivity index (χ4n) is 2.28. The molecule has 2 rings (SSSR count). The van der Waals surface area contributed by atoms with E-state index in [4.69, 9.17) is 4.74 Å². The molecular weight excluding hydrogens is 358 g/mol. The van der Waals surface area contributed by atoms with Gasteiger partial charge in [-0.15, -0.1) is 11.3 Å². The van der Waals surface area contributed by atoms with E-state index in [1.54, 1.807) is 24.9 Å². The molecule has 0 atom stereocenters. The number of nitrogens with zero attached hydrogens (tertiary/aromatic N) is 3. The molecule has 0 aliphatic heterocycles. The van der Waals surface area contributed by atoms with Gasteiger partial charge in [0, 0.05) is 6.54 Å². The van der Waals surface area contributed by atoms with E-state index in [-0.39, 0.29) is 5.91 Å². The van der Waals surface area contributed by atoms with Gasteiger partial charge in [0.25, 0.3) is 5.91 Å². The number of aryl methyl sites for hydroxylation is 2. The molecule has 0 aliphatic rings. The van der Waals surface area contributed by atoms with Gasteiger partial charge in [0.15, 0.2) is 5.13 Å². The van der Waals surface area contributed by atoms with Crippen molar-refractivity contribution >= 4 is 39.7 Å². The summed E-state index contributed by atoms with van der Waals surface area (Å²) in [7, 11) is 0. The fourth-order valence-corrected chi connectivity index (χ4v) is 3.99. The van der Waals surface area contributed by atoms with Gasteiger partial charge in [-0.3, -0.25) is 9.69 Å². The minimum absolute atomic E-state index is 0.120. The molecule has 2 aromatic rings. The number of carbonyl (C=O) groups is 2. The highest BCUT2D eigenvalue weighted by molar-refractivity contribution is 7.18. The van der Waals surface area contributed by atoms with Gasteiger partial charge in [-0.25, -0.2) is 14.8 Å². The second kappa shape index (κ2) is 9.05. The van der Waals surface area contributed by atoms with Crippen LogP contribution in [0.25, 0.3) is 0 Å². The van der Waals surface area contributed by atoms with Crippen LogP contribution in [0.3, 0.4) is 0 Å². The topological polar surface area (TPSA) is 72.4 Å². The van der Waals surface area contributed by atoms with Crippen molar-refractivity contribution in [1.82, 2.24) is 9.97 Å². The number of aromatic nitrogens is 2. The van der Waals surface area contributed by atoms with Crippen LogP contribution in [0.5, 0.6) is 0 Å². The molecule has 0 spiro atoms. The maximum atomic E-state index is 12.9. The van der Waals surface area contributed by atoms with Gasteiger partial charge >= 0.3 is 5.97 Å². The Morgan fingerprint density at radius 2 is 1.96 bits per heavy atom. The minimum Gasteiger partial charge on any atom is -0.462 e. The Bertz CT molecular complexity index is 739. The summed E-state index contributed by atoms with van der Waals surface area (Å²) in [6.07, 6.45) is 4.57. The molecule has 25 heavy (non-hydrogen) atoms. The van der Waals surface area contributed by atoms with Crippen molar-refractivity contribution in [2.24, 2.45) is 0 Å². The summed E-state index contributed by atoms with van der Waals surface area (Å²) in [6.45, 7) is 8.39. The number of ether oxygens (including phenoxy) is 1. The van der Waals surface area contributed by atoms with E-state index in [1.807, 2.05) is 6.92 Å². The lowest BCUT2D eigenvalue weighted by Crippen LogP contribution is -2.31. The molecule has 2 aromatic heterocycles. The van der Waals surface area contributed by atoms with Gasteiger partial charge in [-0.05, 0) is 27.2 Å². The second-order valence-electron chi connectivity index (χ2n) is 5.54. The summed E-state index contributed by atoms with van der Waals surface area (Å²) in [4.78, 5) is 36.3. The normalized spacial score (nSPS) is 10.7. The van der Waals surface area contributed by atoms with Crippen LogP contribution < -0.4 is 4.90 Å². The maximum Gasteiger partial charge on any atom is 0.350 e. The predicted molar refractivity (Wildman–Crippen MR) is 101 cm³/mol. The van der Waals surface area contributed by atoms with E-state index in [0.29, 0.717) is 33.7 Å². The first-order valence-corrected chi connectivity index (χ1v) is 10.00. The first kappa shape index (κ1) is 19.5. The molecule has 1 amide bonds. The Labute approximate surface area is 155 Å². The van der Waals surface area contributed by atoms with Gasteiger partial charge in [0.2, 0.25) is 0 Å². The number of hydrogen-bond acceptors (Lipinski definition) is 7. The van der Waals surface area contributed by atoms with E-state index < -0.39 is 5.97 Å². The number of amides is 1. The standard InChI is InChI=1S/C17H23N3O3S2/c1-5-7-8-9-20(15(21)13-10-18-12(4)24-13)17-19-11(3)14(25-17)16(22)23-6-2/h10H,5-9H2,1-4H3. The van der Waals surface area contributed by atoms with Crippen LogP contribution in [0.4, 0.5) is 5.13 Å². The van der Waals surface area contributed by atoms with Crippen molar-refractivity contribution in [3.8, 4) is 0 Å². The number of rotatable bonds is 8. The molecule has 136 valence electrons. The molecule has 0 aromatic carbocycles. The molecule has 0 fully saturated rings. The van der Waals surface area contributed by atoms with Crippen LogP contribution in [-0.2, 0) is 4.74 Å². The Balaban J connectivity index is 2.30. The van der Waals surface area contributed by atoms with Crippen LogP contribution in [0.1, 0.15) is 63.2 Å². The van der Waals surface area contributed by atoms with Crippen molar-refractivity contribution < 1.29 is 14.3 Å². The summed E-state index contributed by atoms with van der Waals surface area (Å²) in [5.74, 6) is -0.510. The Kier molecular flexibility index (Phi) is 7.07. The zero-order chi connectivity index (χ0) is 18.4. The van der Waals surface area contributed by atoms with E-state index >= 15 is 0 Å². The lowest BCUT2D eigenvalue weighted by molar-refractivity contribution is 0.0531. The third-order valence-electron chi connectivity index (χ3n) is 3.54. The van der Waals surface area contributed by atoms with Gasteiger partial charge in [-0.2, -0.15) is 0 Å². The quantitative estimate of drug-likeness (QED) is 0.505. The molecule has 0 N–H and O–H groups in total. The first-order chi connectivity index (χ1) is 12.0. The lowest BCUT2D eigenvalue weighted by atomic mass is 10.2. The SMILES string of the molecule is CCCCCN(C(=O)c1cnc(C)s1)c1nc(C)c(C(=O)OCC)s1. The summed E-state index contributed by atoms with van der Waals surface area (Å²) in [5.41, 5.74) is 0.590. The number of carbonyl (C=O) groups excluding carboxylic acids is 2. The van der Waals surface area contributed by atoms with Gasteiger partial charge in [-0.1, -0.05) is 31.1 Å². The number of unbranched alkanes of at least 4 members (excludes halogenated alkanes) is 2. The Morgan fingerprint density at radius 1 is 1.20 bits per heavy atom. The highest BCUT2D eigenvalue weighted by atomic mass is 32.1. The number of anilines is 1. The zero-order valence-electron chi connectivity index (χ0n) is 15.0. The van der Waals surface area contributed by atoms with Crippen molar-refractivity contribution in [2.45, 2.75) is 47.0 Å². The number of hydrogen-bond donors (Lipinski definition) is 0. The molecule has 6 nitrogen and oxygen atoms in total. The predicted octanol–water partition coefficient (Wildman–Crippen LogP) is 4.23. The average Bonchev–Trinajstić information content (AvgIpc) is 3.17. The van der Waals surface area contributed by atoms with Crippen LogP contribution in [0.2, 0.25) is 0 Å². The Hall–Kier alpha value is -1.80. The zero-order valence-corrected chi connectivity index (χ0v) is 16.6. The van der Waals surface area contributed by atoms with E-state index in [0.717, 1.165) is 24.3 Å². The van der Waals surface area contributed by atoms with Crippen LogP contribution in [0, 0.1) is 13.8 Å². The lowest BCUT2D eigenvalue weighted by Gasteiger charge is -2.18. The van der Waals surface area contributed by atoms with E-state index in [9.17, 15) is 9.59 Å². The highest BCUT2D eigenvalue weighted by Gasteiger charge is 2.25. The summed E-state index contributed by atoms with van der Waals surface area (Å²) < 4.78 is 5.07. The van der Waals surface area contributed by atoms with Gasteiger partial charge < -0.3 is 4.74 Å². The number of thiazole rings is 2. The average molecular weight is 382 g/mol. The number of esters is 1. The van der Waals surface area contributed by atoms with Crippen molar-refractivity contribution in [3.63, 3.8) is 0 Å². The summed E-state index contributed by atoms with van der Waals surface area (Å²) in [5, 5.41) is 1.38. The molecule has 8 heteroatoms. The third-order valence-corrected chi connectivity index (χ3v) is 5.60. The molecule has 0 aliphatic carbocycles. The fraction of sp³-hybridized carbons (Fsp3) is 0.529. The van der Waals surface area contributed by atoms with Crippen molar-refractivity contribution in [3.05, 3.63) is 26.7 Å². The maximum absolute atomic E-state index is 12.9. The Morgan fingerprint density at radius 3 is 2.56 bits per heavy atom. The summed E-state index contributed by atoms with van der Waals surface area (Å²) >= 11 is 2.57. The van der Waals surface area contributed by atoms with Crippen molar-refractivity contribution in [2.75, 3.05) is 18.1 Å². The molecule has 0 bridgehead atoms. The molecule has 0 saturated heterocycles. The molecule has 0 unspecified atom stereocenters. The van der Waals surface area contributed by atoms with Crippen molar-refractivity contribution in [1.29, 1.82) is 0 Å². The van der Waals surface area contributed by atoms with Gasteiger partial charge in [0.05, 0.1) is 23.5 Å².